The zero-order valence-corrected chi connectivity index (χ0v) is 18.7. The third kappa shape index (κ3) is 4.08. The van der Waals surface area contributed by atoms with Crippen LogP contribution < -0.4 is 5.32 Å². The smallest absolute Gasteiger partial charge is 0.343 e. The lowest BCUT2D eigenvalue weighted by molar-refractivity contribution is -0.385. The highest BCUT2D eigenvalue weighted by Gasteiger charge is 2.26. The quantitative estimate of drug-likeness (QED) is 0.257. The number of benzene rings is 2. The Morgan fingerprint density at radius 1 is 1.09 bits per heavy atom. The second-order valence-electron chi connectivity index (χ2n) is 7.54. The number of hydrogen-bond donors (Lipinski definition) is 1. The molecule has 34 heavy (non-hydrogen) atoms. The third-order valence-electron chi connectivity index (χ3n) is 5.29. The standard InChI is InChI=1S/C24H21N5O5/c1-4-34-24(31)18-13-25-28(20-12-15(3)16-10-7-8-14(2)21(16)26-20)22(18)27-23(30)17-9-5-6-11-19(17)29(32)33/h5-13H,4H2,1-3H3,(H,27,30). The first-order chi connectivity index (χ1) is 16.3. The number of amides is 1. The predicted octanol–water partition coefficient (Wildman–Crippen LogP) is 4.37. The number of hydrogen-bond acceptors (Lipinski definition) is 7. The molecule has 0 spiro atoms. The van der Waals surface area contributed by atoms with Gasteiger partial charge in [0.2, 0.25) is 0 Å². The molecule has 0 unspecified atom stereocenters. The molecule has 0 aliphatic carbocycles. The first-order valence-corrected chi connectivity index (χ1v) is 10.5. The summed E-state index contributed by atoms with van der Waals surface area (Å²) < 4.78 is 6.43. The van der Waals surface area contributed by atoms with Crippen molar-refractivity contribution in [3.05, 3.63) is 87.1 Å². The number of ether oxygens (including phenoxy) is 1. The molecule has 10 nitrogen and oxygen atoms in total. The lowest BCUT2D eigenvalue weighted by Crippen LogP contribution is -2.19. The molecule has 10 heteroatoms. The Morgan fingerprint density at radius 2 is 1.85 bits per heavy atom. The number of fused-ring (bicyclic) bond motifs is 1. The van der Waals surface area contributed by atoms with Gasteiger partial charge in [0.15, 0.2) is 11.6 Å². The van der Waals surface area contributed by atoms with Crippen molar-refractivity contribution in [2.45, 2.75) is 20.8 Å². The lowest BCUT2D eigenvalue weighted by atomic mass is 10.1. The van der Waals surface area contributed by atoms with Crippen LogP contribution in [0.2, 0.25) is 0 Å². The normalized spacial score (nSPS) is 10.8. The minimum atomic E-state index is -0.770. The van der Waals surface area contributed by atoms with Gasteiger partial charge in [-0.25, -0.2) is 9.78 Å². The number of aryl methyl sites for hydroxylation is 2. The fourth-order valence-corrected chi connectivity index (χ4v) is 3.65. The number of rotatable bonds is 6. The number of nitrogens with one attached hydrogen (secondary N) is 1. The molecule has 0 saturated heterocycles. The molecule has 1 amide bonds. The number of nitro benzene ring substituents is 1. The van der Waals surface area contributed by atoms with Crippen molar-refractivity contribution in [2.24, 2.45) is 0 Å². The Morgan fingerprint density at radius 3 is 2.59 bits per heavy atom. The minimum Gasteiger partial charge on any atom is -0.462 e. The average Bonchev–Trinajstić information content (AvgIpc) is 3.23. The van der Waals surface area contributed by atoms with Crippen LogP contribution in [-0.2, 0) is 4.74 Å². The SMILES string of the molecule is CCOC(=O)c1cnn(-c2cc(C)c3cccc(C)c3n2)c1NC(=O)c1ccccc1[N+](=O)[O-]. The topological polar surface area (TPSA) is 129 Å². The summed E-state index contributed by atoms with van der Waals surface area (Å²) in [5, 5.41) is 19.2. The zero-order chi connectivity index (χ0) is 24.4. The molecule has 2 aromatic heterocycles. The average molecular weight is 459 g/mol. The fourth-order valence-electron chi connectivity index (χ4n) is 3.65. The monoisotopic (exact) mass is 459 g/mol. The van der Waals surface area contributed by atoms with Gasteiger partial charge in [-0.3, -0.25) is 14.9 Å². The Kier molecular flexibility index (Phi) is 6.05. The largest absolute Gasteiger partial charge is 0.462 e. The molecular formula is C24H21N5O5. The Balaban J connectivity index is 1.86. The molecule has 2 heterocycles. The number of anilines is 1. The molecular weight excluding hydrogens is 438 g/mol. The van der Waals surface area contributed by atoms with E-state index in [4.69, 9.17) is 9.72 Å². The van der Waals surface area contributed by atoms with E-state index in [-0.39, 0.29) is 29.2 Å². The minimum absolute atomic E-state index is 0.00133. The Bertz CT molecular complexity index is 1440. The maximum atomic E-state index is 13.1. The van der Waals surface area contributed by atoms with Gasteiger partial charge >= 0.3 is 5.97 Å². The molecule has 0 atom stereocenters. The summed E-state index contributed by atoms with van der Waals surface area (Å²) in [6.45, 7) is 5.64. The molecule has 0 aliphatic heterocycles. The van der Waals surface area contributed by atoms with Gasteiger partial charge in [0.05, 0.1) is 23.2 Å². The third-order valence-corrected chi connectivity index (χ3v) is 5.29. The van der Waals surface area contributed by atoms with Gasteiger partial charge in [0.25, 0.3) is 11.6 Å². The first kappa shape index (κ1) is 22.6. The molecule has 172 valence electrons. The Labute approximate surface area is 194 Å². The fraction of sp³-hybridized carbons (Fsp3) is 0.167. The van der Waals surface area contributed by atoms with E-state index in [0.29, 0.717) is 5.82 Å². The summed E-state index contributed by atoms with van der Waals surface area (Å²) in [6, 6.07) is 13.2. The van der Waals surface area contributed by atoms with Crippen molar-refractivity contribution in [3.63, 3.8) is 0 Å². The van der Waals surface area contributed by atoms with E-state index in [9.17, 15) is 19.7 Å². The molecule has 4 aromatic rings. The lowest BCUT2D eigenvalue weighted by Gasteiger charge is -2.13. The van der Waals surface area contributed by atoms with Crippen LogP contribution in [0.5, 0.6) is 0 Å². The number of aromatic nitrogens is 3. The van der Waals surface area contributed by atoms with E-state index >= 15 is 0 Å². The van der Waals surface area contributed by atoms with E-state index in [1.54, 1.807) is 13.0 Å². The molecule has 0 bridgehead atoms. The molecule has 4 rings (SSSR count). The predicted molar refractivity (Wildman–Crippen MR) is 125 cm³/mol. The van der Waals surface area contributed by atoms with Gasteiger partial charge in [0, 0.05) is 11.5 Å². The van der Waals surface area contributed by atoms with Crippen LogP contribution in [0.15, 0.2) is 54.7 Å². The van der Waals surface area contributed by atoms with Gasteiger partial charge in [0.1, 0.15) is 11.1 Å². The van der Waals surface area contributed by atoms with Crippen LogP contribution in [0.3, 0.4) is 0 Å². The van der Waals surface area contributed by atoms with Crippen LogP contribution in [0.25, 0.3) is 16.7 Å². The van der Waals surface area contributed by atoms with Crippen LogP contribution in [0, 0.1) is 24.0 Å². The molecule has 0 saturated carbocycles. The van der Waals surface area contributed by atoms with Crippen molar-refractivity contribution < 1.29 is 19.2 Å². The van der Waals surface area contributed by atoms with Crippen LogP contribution in [0.1, 0.15) is 38.8 Å². The number of esters is 1. The number of pyridine rings is 1. The first-order valence-electron chi connectivity index (χ1n) is 10.5. The number of carbonyl (C=O) groups excluding carboxylic acids is 2. The highest BCUT2D eigenvalue weighted by Crippen LogP contribution is 2.27. The molecule has 0 aliphatic rings. The van der Waals surface area contributed by atoms with Gasteiger partial charge < -0.3 is 10.1 Å². The maximum Gasteiger partial charge on any atom is 0.343 e. The summed E-state index contributed by atoms with van der Waals surface area (Å²) in [7, 11) is 0. The number of nitrogens with zero attached hydrogens (tertiary/aromatic N) is 4. The van der Waals surface area contributed by atoms with Crippen molar-refractivity contribution in [1.82, 2.24) is 14.8 Å². The number of nitro groups is 1. The second-order valence-corrected chi connectivity index (χ2v) is 7.54. The summed E-state index contributed by atoms with van der Waals surface area (Å²) >= 11 is 0. The van der Waals surface area contributed by atoms with E-state index in [1.807, 2.05) is 32.0 Å². The summed E-state index contributed by atoms with van der Waals surface area (Å²) in [6.07, 6.45) is 1.27. The highest BCUT2D eigenvalue weighted by molar-refractivity contribution is 6.09. The number of para-hydroxylation sites is 2. The molecule has 0 radical (unpaired) electrons. The van der Waals surface area contributed by atoms with Gasteiger partial charge in [-0.05, 0) is 44.0 Å². The maximum absolute atomic E-state index is 13.1. The van der Waals surface area contributed by atoms with E-state index < -0.39 is 16.8 Å². The van der Waals surface area contributed by atoms with Crippen LogP contribution >= 0.6 is 0 Å². The van der Waals surface area contributed by atoms with Gasteiger partial charge in [-0.1, -0.05) is 30.3 Å². The summed E-state index contributed by atoms with van der Waals surface area (Å²) in [4.78, 5) is 41.1. The van der Waals surface area contributed by atoms with Crippen LogP contribution in [0.4, 0.5) is 11.5 Å². The second kappa shape index (κ2) is 9.10. The zero-order valence-electron chi connectivity index (χ0n) is 18.7. The van der Waals surface area contributed by atoms with E-state index in [1.165, 1.54) is 35.1 Å². The highest BCUT2D eigenvalue weighted by atomic mass is 16.6. The molecule has 1 N–H and O–H groups in total. The molecule has 2 aromatic carbocycles. The Hall–Kier alpha value is -4.60. The molecule has 0 fully saturated rings. The number of carbonyl (C=O) groups is 2. The summed E-state index contributed by atoms with van der Waals surface area (Å²) in [5.74, 6) is -1.09. The van der Waals surface area contributed by atoms with Crippen molar-refractivity contribution in [1.29, 1.82) is 0 Å². The van der Waals surface area contributed by atoms with Gasteiger partial charge in [-0.15, -0.1) is 0 Å². The van der Waals surface area contributed by atoms with Crippen molar-refractivity contribution >= 4 is 34.3 Å². The van der Waals surface area contributed by atoms with Crippen LogP contribution in [-0.4, -0.2) is 38.2 Å². The van der Waals surface area contributed by atoms with Crippen molar-refractivity contribution in [3.8, 4) is 5.82 Å². The van der Waals surface area contributed by atoms with Crippen molar-refractivity contribution in [2.75, 3.05) is 11.9 Å². The van der Waals surface area contributed by atoms with Gasteiger partial charge in [-0.2, -0.15) is 9.78 Å². The van der Waals surface area contributed by atoms with E-state index in [0.717, 1.165) is 22.0 Å². The van der Waals surface area contributed by atoms with E-state index in [2.05, 4.69) is 10.4 Å². The summed E-state index contributed by atoms with van der Waals surface area (Å²) in [5.41, 5.74) is 2.10.